The quantitative estimate of drug-likeness (QED) is 0.483. The molecule has 0 saturated carbocycles. The van der Waals surface area contributed by atoms with Crippen molar-refractivity contribution >= 4 is 17.3 Å². The summed E-state index contributed by atoms with van der Waals surface area (Å²) in [6.45, 7) is 3.63. The van der Waals surface area contributed by atoms with Gasteiger partial charge in [-0.3, -0.25) is 19.8 Å². The first-order valence-corrected chi connectivity index (χ1v) is 9.16. The second-order valence-electron chi connectivity index (χ2n) is 6.80. The van der Waals surface area contributed by atoms with Gasteiger partial charge in [-0.2, -0.15) is 0 Å². The molecule has 0 unspecified atom stereocenters. The standard InChI is InChI=1S/C20H24N4O4/c1-28-17-6-3-15(4-7-17)14-22-9-2-10-23(12-11-22)20(25)16-5-8-18(21)19(13-16)24(26)27/h3-8,13H,2,9-12,14,21H2,1H3. The number of ether oxygens (including phenoxy) is 1. The fraction of sp³-hybridized carbons (Fsp3) is 0.350. The van der Waals surface area contributed by atoms with Gasteiger partial charge in [-0.25, -0.2) is 0 Å². The lowest BCUT2D eigenvalue weighted by molar-refractivity contribution is -0.383. The Bertz CT molecular complexity index is 854. The van der Waals surface area contributed by atoms with E-state index in [0.717, 1.165) is 31.8 Å². The molecular weight excluding hydrogens is 360 g/mol. The maximum atomic E-state index is 12.8. The van der Waals surface area contributed by atoms with Gasteiger partial charge in [0.1, 0.15) is 11.4 Å². The minimum Gasteiger partial charge on any atom is -0.497 e. The number of nitrogen functional groups attached to an aromatic ring is 1. The van der Waals surface area contributed by atoms with Crippen molar-refractivity contribution in [3.05, 3.63) is 63.7 Å². The highest BCUT2D eigenvalue weighted by Crippen LogP contribution is 2.23. The summed E-state index contributed by atoms with van der Waals surface area (Å²) in [5, 5.41) is 11.1. The molecule has 148 valence electrons. The molecular formula is C20H24N4O4. The Hall–Kier alpha value is -3.13. The number of hydrogen-bond donors (Lipinski definition) is 1. The van der Waals surface area contributed by atoms with Crippen LogP contribution in [0.3, 0.4) is 0 Å². The average molecular weight is 384 g/mol. The molecule has 1 amide bonds. The molecule has 1 fully saturated rings. The number of carbonyl (C=O) groups excluding carboxylic acids is 1. The molecule has 3 rings (SSSR count). The number of nitro benzene ring substituents is 1. The largest absolute Gasteiger partial charge is 0.497 e. The summed E-state index contributed by atoms with van der Waals surface area (Å²) in [5.74, 6) is 0.628. The van der Waals surface area contributed by atoms with E-state index in [4.69, 9.17) is 10.5 Å². The third-order valence-electron chi connectivity index (χ3n) is 4.92. The zero-order valence-corrected chi connectivity index (χ0v) is 15.8. The number of hydrogen-bond acceptors (Lipinski definition) is 6. The lowest BCUT2D eigenvalue weighted by atomic mass is 10.1. The summed E-state index contributed by atoms with van der Waals surface area (Å²) in [6.07, 6.45) is 0.846. The highest BCUT2D eigenvalue weighted by atomic mass is 16.6. The number of amides is 1. The number of rotatable bonds is 5. The van der Waals surface area contributed by atoms with Crippen molar-refractivity contribution in [3.8, 4) is 5.75 Å². The Morgan fingerprint density at radius 1 is 1.14 bits per heavy atom. The van der Waals surface area contributed by atoms with Gasteiger partial charge in [-0.15, -0.1) is 0 Å². The number of methoxy groups -OCH3 is 1. The van der Waals surface area contributed by atoms with E-state index in [-0.39, 0.29) is 17.3 Å². The third-order valence-corrected chi connectivity index (χ3v) is 4.92. The van der Waals surface area contributed by atoms with Gasteiger partial charge in [0, 0.05) is 44.4 Å². The smallest absolute Gasteiger partial charge is 0.292 e. The number of anilines is 1. The van der Waals surface area contributed by atoms with Crippen LogP contribution in [0.25, 0.3) is 0 Å². The average Bonchev–Trinajstić information content (AvgIpc) is 2.94. The first-order chi connectivity index (χ1) is 13.5. The van der Waals surface area contributed by atoms with Crippen molar-refractivity contribution in [1.29, 1.82) is 0 Å². The van der Waals surface area contributed by atoms with Crippen LogP contribution in [0.15, 0.2) is 42.5 Å². The van der Waals surface area contributed by atoms with Gasteiger partial charge in [-0.1, -0.05) is 12.1 Å². The molecule has 0 atom stereocenters. The van der Waals surface area contributed by atoms with Crippen LogP contribution in [0.2, 0.25) is 0 Å². The zero-order valence-electron chi connectivity index (χ0n) is 15.8. The van der Waals surface area contributed by atoms with Gasteiger partial charge in [0.05, 0.1) is 12.0 Å². The maximum Gasteiger partial charge on any atom is 0.292 e. The normalized spacial score (nSPS) is 15.1. The van der Waals surface area contributed by atoms with Crippen molar-refractivity contribution in [1.82, 2.24) is 9.80 Å². The van der Waals surface area contributed by atoms with Crippen LogP contribution < -0.4 is 10.5 Å². The fourth-order valence-electron chi connectivity index (χ4n) is 3.34. The number of nitro groups is 1. The fourth-order valence-corrected chi connectivity index (χ4v) is 3.34. The molecule has 0 radical (unpaired) electrons. The monoisotopic (exact) mass is 384 g/mol. The number of carbonyl (C=O) groups is 1. The van der Waals surface area contributed by atoms with Crippen molar-refractivity contribution in [2.24, 2.45) is 0 Å². The van der Waals surface area contributed by atoms with Gasteiger partial charge in [-0.05, 0) is 36.2 Å². The van der Waals surface area contributed by atoms with E-state index in [1.54, 1.807) is 18.1 Å². The lowest BCUT2D eigenvalue weighted by Gasteiger charge is -2.22. The molecule has 0 aromatic heterocycles. The van der Waals surface area contributed by atoms with Crippen molar-refractivity contribution < 1.29 is 14.5 Å². The van der Waals surface area contributed by atoms with Crippen LogP contribution in [-0.4, -0.2) is 53.9 Å². The predicted molar refractivity (Wildman–Crippen MR) is 106 cm³/mol. The van der Waals surface area contributed by atoms with Crippen LogP contribution in [0.1, 0.15) is 22.3 Å². The zero-order chi connectivity index (χ0) is 20.1. The molecule has 1 saturated heterocycles. The molecule has 8 heteroatoms. The maximum absolute atomic E-state index is 12.8. The molecule has 2 aromatic carbocycles. The SMILES string of the molecule is COc1ccc(CN2CCCN(C(=O)c3ccc(N)c([N+](=O)[O-])c3)CC2)cc1. The second-order valence-corrected chi connectivity index (χ2v) is 6.80. The van der Waals surface area contributed by atoms with E-state index in [1.165, 1.54) is 17.7 Å². The van der Waals surface area contributed by atoms with Crippen molar-refractivity contribution in [3.63, 3.8) is 0 Å². The van der Waals surface area contributed by atoms with Crippen LogP contribution in [0.5, 0.6) is 5.75 Å². The van der Waals surface area contributed by atoms with Gasteiger partial charge >= 0.3 is 0 Å². The predicted octanol–water partition coefficient (Wildman–Crippen LogP) is 2.53. The van der Waals surface area contributed by atoms with E-state index in [0.29, 0.717) is 18.7 Å². The lowest BCUT2D eigenvalue weighted by Crippen LogP contribution is -2.35. The first kappa shape index (κ1) is 19.6. The van der Waals surface area contributed by atoms with Gasteiger partial charge in [0.25, 0.3) is 11.6 Å². The van der Waals surface area contributed by atoms with Crippen molar-refractivity contribution in [2.75, 3.05) is 39.0 Å². The van der Waals surface area contributed by atoms with Gasteiger partial charge in [0.15, 0.2) is 0 Å². The molecule has 0 spiro atoms. The molecule has 1 aliphatic rings. The molecule has 2 N–H and O–H groups in total. The number of benzene rings is 2. The molecule has 0 bridgehead atoms. The Kier molecular flexibility index (Phi) is 6.10. The van der Waals surface area contributed by atoms with E-state index >= 15 is 0 Å². The summed E-state index contributed by atoms with van der Waals surface area (Å²) in [7, 11) is 1.64. The van der Waals surface area contributed by atoms with Crippen LogP contribution in [0.4, 0.5) is 11.4 Å². The second kappa shape index (κ2) is 8.71. The van der Waals surface area contributed by atoms with E-state index in [1.807, 2.05) is 24.3 Å². The van der Waals surface area contributed by atoms with E-state index in [2.05, 4.69) is 4.90 Å². The van der Waals surface area contributed by atoms with Gasteiger partial charge < -0.3 is 15.4 Å². The summed E-state index contributed by atoms with van der Waals surface area (Å²) in [4.78, 5) is 27.4. The summed E-state index contributed by atoms with van der Waals surface area (Å²) in [5.41, 5.74) is 6.93. The van der Waals surface area contributed by atoms with Gasteiger partial charge in [0.2, 0.25) is 0 Å². The van der Waals surface area contributed by atoms with E-state index in [9.17, 15) is 14.9 Å². The molecule has 8 nitrogen and oxygen atoms in total. The van der Waals surface area contributed by atoms with Crippen LogP contribution in [-0.2, 0) is 6.54 Å². The number of nitrogens with zero attached hydrogens (tertiary/aromatic N) is 3. The Morgan fingerprint density at radius 2 is 1.89 bits per heavy atom. The van der Waals surface area contributed by atoms with Crippen LogP contribution >= 0.6 is 0 Å². The highest BCUT2D eigenvalue weighted by molar-refractivity contribution is 5.95. The molecule has 2 aromatic rings. The summed E-state index contributed by atoms with van der Waals surface area (Å²) >= 11 is 0. The minimum atomic E-state index is -0.564. The topological polar surface area (TPSA) is 102 Å². The highest BCUT2D eigenvalue weighted by Gasteiger charge is 2.23. The molecule has 1 heterocycles. The Balaban J connectivity index is 1.63. The molecule has 28 heavy (non-hydrogen) atoms. The summed E-state index contributed by atoms with van der Waals surface area (Å²) in [6, 6.07) is 12.2. The summed E-state index contributed by atoms with van der Waals surface area (Å²) < 4.78 is 5.18. The van der Waals surface area contributed by atoms with Crippen molar-refractivity contribution in [2.45, 2.75) is 13.0 Å². The molecule has 0 aliphatic carbocycles. The first-order valence-electron chi connectivity index (χ1n) is 9.16. The van der Waals surface area contributed by atoms with Crippen LogP contribution in [0, 0.1) is 10.1 Å². The van der Waals surface area contributed by atoms with E-state index < -0.39 is 4.92 Å². The Labute approximate surface area is 163 Å². The Morgan fingerprint density at radius 3 is 2.57 bits per heavy atom. The minimum absolute atomic E-state index is 0.0584. The molecule has 1 aliphatic heterocycles. The number of nitrogens with two attached hydrogens (primary N) is 1. The third kappa shape index (κ3) is 4.58.